The third-order valence-corrected chi connectivity index (χ3v) is 6.86. The number of fused-ring (bicyclic) bond motifs is 1. The molecule has 4 rings (SSSR count). The van der Waals surface area contributed by atoms with Gasteiger partial charge in [0.25, 0.3) is 5.91 Å². The molecule has 0 spiro atoms. The van der Waals surface area contributed by atoms with E-state index in [0.29, 0.717) is 36.0 Å². The molecule has 4 aromatic rings. The summed E-state index contributed by atoms with van der Waals surface area (Å²) in [6.45, 7) is 6.66. The van der Waals surface area contributed by atoms with Crippen molar-refractivity contribution >= 4 is 51.0 Å². The van der Waals surface area contributed by atoms with Crippen LogP contribution in [0.4, 0.5) is 5.69 Å². The fourth-order valence-corrected chi connectivity index (χ4v) is 4.73. The SMILES string of the molecule is CCOc1cc(/C=C(\C#N)C(=O)Nc2cccc(C)c2C)cc(I)c1OCc1ccc2ccccc2c1. The molecule has 0 aliphatic rings. The summed E-state index contributed by atoms with van der Waals surface area (Å²) in [4.78, 5) is 12.9. The van der Waals surface area contributed by atoms with Gasteiger partial charge in [0.1, 0.15) is 18.2 Å². The highest BCUT2D eigenvalue weighted by molar-refractivity contribution is 14.1. The van der Waals surface area contributed by atoms with Crippen LogP contribution in [0.5, 0.6) is 11.5 Å². The van der Waals surface area contributed by atoms with Crippen LogP contribution in [0.15, 0.2) is 78.4 Å². The van der Waals surface area contributed by atoms with Gasteiger partial charge in [0.2, 0.25) is 0 Å². The molecule has 4 aromatic carbocycles. The first-order valence-electron chi connectivity index (χ1n) is 12.0. The molecule has 1 N–H and O–H groups in total. The number of benzene rings is 4. The average Bonchev–Trinajstić information content (AvgIpc) is 2.89. The lowest BCUT2D eigenvalue weighted by atomic mass is 10.1. The maximum Gasteiger partial charge on any atom is 0.266 e. The summed E-state index contributed by atoms with van der Waals surface area (Å²) in [6, 6.07) is 25.9. The van der Waals surface area contributed by atoms with Gasteiger partial charge in [-0.2, -0.15) is 5.26 Å². The maximum absolute atomic E-state index is 12.9. The molecule has 5 nitrogen and oxygen atoms in total. The average molecular weight is 602 g/mol. The van der Waals surface area contributed by atoms with Crippen molar-refractivity contribution < 1.29 is 14.3 Å². The van der Waals surface area contributed by atoms with E-state index in [0.717, 1.165) is 25.6 Å². The van der Waals surface area contributed by atoms with E-state index < -0.39 is 5.91 Å². The zero-order chi connectivity index (χ0) is 26.4. The lowest BCUT2D eigenvalue weighted by molar-refractivity contribution is -0.112. The number of ether oxygens (including phenoxy) is 2. The van der Waals surface area contributed by atoms with Gasteiger partial charge in [-0.25, -0.2) is 0 Å². The lowest BCUT2D eigenvalue weighted by Crippen LogP contribution is -2.14. The third-order valence-electron chi connectivity index (χ3n) is 6.06. The number of hydrogen-bond donors (Lipinski definition) is 1. The van der Waals surface area contributed by atoms with Crippen LogP contribution < -0.4 is 14.8 Å². The molecular formula is C31H27IN2O3. The first kappa shape index (κ1) is 26.2. The first-order valence-corrected chi connectivity index (χ1v) is 13.0. The molecule has 0 radical (unpaired) electrons. The Morgan fingerprint density at radius 1 is 1.00 bits per heavy atom. The minimum Gasteiger partial charge on any atom is -0.490 e. The number of rotatable bonds is 8. The van der Waals surface area contributed by atoms with E-state index in [4.69, 9.17) is 9.47 Å². The normalized spacial score (nSPS) is 11.2. The maximum atomic E-state index is 12.9. The third kappa shape index (κ3) is 6.30. The van der Waals surface area contributed by atoms with Gasteiger partial charge in [-0.05, 0) is 107 Å². The van der Waals surface area contributed by atoms with Crippen LogP contribution in [0, 0.1) is 28.7 Å². The molecule has 0 aliphatic heterocycles. The summed E-state index contributed by atoms with van der Waals surface area (Å²) >= 11 is 2.19. The Kier molecular flexibility index (Phi) is 8.47. The highest BCUT2D eigenvalue weighted by Crippen LogP contribution is 2.36. The molecule has 0 saturated heterocycles. The van der Waals surface area contributed by atoms with Gasteiger partial charge in [-0.3, -0.25) is 4.79 Å². The Bertz CT molecular complexity index is 1540. The van der Waals surface area contributed by atoms with Crippen molar-refractivity contribution in [3.8, 4) is 17.6 Å². The molecule has 0 aliphatic carbocycles. The van der Waals surface area contributed by atoms with Gasteiger partial charge in [-0.15, -0.1) is 0 Å². The molecule has 1 amide bonds. The smallest absolute Gasteiger partial charge is 0.266 e. The summed E-state index contributed by atoms with van der Waals surface area (Å²) in [5.41, 5.74) is 4.45. The van der Waals surface area contributed by atoms with Crippen molar-refractivity contribution in [2.24, 2.45) is 0 Å². The van der Waals surface area contributed by atoms with Crippen molar-refractivity contribution in [3.63, 3.8) is 0 Å². The Hall–Kier alpha value is -3.83. The minimum absolute atomic E-state index is 0.00369. The Labute approximate surface area is 230 Å². The summed E-state index contributed by atoms with van der Waals surface area (Å²) in [5.74, 6) is 0.737. The number of carbonyl (C=O) groups excluding carboxylic acids is 1. The molecule has 0 saturated carbocycles. The second kappa shape index (κ2) is 11.9. The number of anilines is 1. The summed E-state index contributed by atoms with van der Waals surface area (Å²) < 4.78 is 12.9. The second-order valence-electron chi connectivity index (χ2n) is 8.60. The molecule has 0 unspecified atom stereocenters. The molecule has 6 heteroatoms. The Morgan fingerprint density at radius 3 is 2.54 bits per heavy atom. The molecule has 0 aromatic heterocycles. The molecule has 37 heavy (non-hydrogen) atoms. The van der Waals surface area contributed by atoms with Gasteiger partial charge >= 0.3 is 0 Å². The number of hydrogen-bond acceptors (Lipinski definition) is 4. The van der Waals surface area contributed by atoms with Crippen LogP contribution in [0.25, 0.3) is 16.8 Å². The van der Waals surface area contributed by atoms with E-state index in [-0.39, 0.29) is 5.57 Å². The molecule has 0 heterocycles. The predicted molar refractivity (Wildman–Crippen MR) is 157 cm³/mol. The number of halogens is 1. The van der Waals surface area contributed by atoms with Gasteiger partial charge < -0.3 is 14.8 Å². The highest BCUT2D eigenvalue weighted by atomic mass is 127. The molecule has 0 atom stereocenters. The molecular weight excluding hydrogens is 575 g/mol. The lowest BCUT2D eigenvalue weighted by Gasteiger charge is -2.15. The highest BCUT2D eigenvalue weighted by Gasteiger charge is 2.15. The van der Waals surface area contributed by atoms with Gasteiger partial charge in [0.15, 0.2) is 11.5 Å². The molecule has 186 valence electrons. The van der Waals surface area contributed by atoms with Crippen LogP contribution in [-0.4, -0.2) is 12.5 Å². The fraction of sp³-hybridized carbons (Fsp3) is 0.161. The van der Waals surface area contributed by atoms with Crippen LogP contribution in [0.2, 0.25) is 0 Å². The van der Waals surface area contributed by atoms with Gasteiger partial charge in [0.05, 0.1) is 10.2 Å². The van der Waals surface area contributed by atoms with Gasteiger partial charge in [0, 0.05) is 5.69 Å². The Balaban J connectivity index is 1.57. The van der Waals surface area contributed by atoms with Crippen molar-refractivity contribution in [3.05, 3.63) is 104 Å². The fourth-order valence-electron chi connectivity index (χ4n) is 3.95. The zero-order valence-corrected chi connectivity index (χ0v) is 23.1. The van der Waals surface area contributed by atoms with Crippen LogP contribution in [0.3, 0.4) is 0 Å². The Morgan fingerprint density at radius 2 is 1.78 bits per heavy atom. The van der Waals surface area contributed by atoms with E-state index in [1.807, 2.05) is 63.2 Å². The topological polar surface area (TPSA) is 71.3 Å². The number of nitrogens with zero attached hydrogens (tertiary/aromatic N) is 1. The number of amides is 1. The van der Waals surface area contributed by atoms with Crippen molar-refractivity contribution in [1.82, 2.24) is 0 Å². The molecule has 0 bridgehead atoms. The van der Waals surface area contributed by atoms with Crippen molar-refractivity contribution in [2.75, 3.05) is 11.9 Å². The van der Waals surface area contributed by atoms with E-state index in [9.17, 15) is 10.1 Å². The van der Waals surface area contributed by atoms with E-state index in [2.05, 4.69) is 58.2 Å². The summed E-state index contributed by atoms with van der Waals surface area (Å²) in [7, 11) is 0. The number of nitriles is 1. The standard InChI is InChI=1S/C31H27IN2O3/c1-4-36-29-17-23(15-26(18-33)31(35)34-28-11-7-8-20(2)21(28)3)16-27(32)30(29)37-19-22-12-13-24-9-5-6-10-25(24)14-22/h5-17H,4,19H2,1-3H3,(H,34,35)/b26-15+. The van der Waals surface area contributed by atoms with Crippen molar-refractivity contribution in [1.29, 1.82) is 5.26 Å². The first-order chi connectivity index (χ1) is 17.9. The second-order valence-corrected chi connectivity index (χ2v) is 9.77. The van der Waals surface area contributed by atoms with Crippen LogP contribution >= 0.6 is 22.6 Å². The monoisotopic (exact) mass is 602 g/mol. The number of nitrogens with one attached hydrogen (secondary N) is 1. The van der Waals surface area contributed by atoms with Crippen molar-refractivity contribution in [2.45, 2.75) is 27.4 Å². The van der Waals surface area contributed by atoms with Crippen LogP contribution in [-0.2, 0) is 11.4 Å². The summed E-state index contributed by atoms with van der Waals surface area (Å²) in [5, 5.41) is 14.9. The zero-order valence-electron chi connectivity index (χ0n) is 21.0. The van der Waals surface area contributed by atoms with Crippen LogP contribution in [0.1, 0.15) is 29.2 Å². The largest absolute Gasteiger partial charge is 0.490 e. The molecule has 0 fully saturated rings. The number of carbonyl (C=O) groups is 1. The summed E-state index contributed by atoms with van der Waals surface area (Å²) in [6.07, 6.45) is 1.57. The van der Waals surface area contributed by atoms with E-state index >= 15 is 0 Å². The number of aryl methyl sites for hydroxylation is 1. The minimum atomic E-state index is -0.458. The van der Waals surface area contributed by atoms with E-state index in [1.165, 1.54) is 5.39 Å². The van der Waals surface area contributed by atoms with Gasteiger partial charge in [-0.1, -0.05) is 48.5 Å². The predicted octanol–water partition coefficient (Wildman–Crippen LogP) is 7.58. The van der Waals surface area contributed by atoms with E-state index in [1.54, 1.807) is 12.1 Å². The quantitative estimate of drug-likeness (QED) is 0.128.